The predicted molar refractivity (Wildman–Crippen MR) is 98.8 cm³/mol. The highest BCUT2D eigenvalue weighted by Crippen LogP contribution is 2.37. The molecule has 0 bridgehead atoms. The second-order valence-corrected chi connectivity index (χ2v) is 6.28. The topological polar surface area (TPSA) is 62.2 Å². The van der Waals surface area contributed by atoms with Crippen LogP contribution in [0.3, 0.4) is 0 Å². The molecule has 0 aromatic heterocycles. The summed E-state index contributed by atoms with van der Waals surface area (Å²) in [5.74, 6) is 0.893. The largest absolute Gasteiger partial charge is 0.502 e. The SMILES string of the molecule is COc1cc(CN2CCN(C(=O)c3ccccc3)CC2)cc(OC)c1O. The fraction of sp³-hybridized carbons (Fsp3) is 0.350. The molecule has 138 valence electrons. The molecule has 1 N–H and O–H groups in total. The number of benzene rings is 2. The van der Waals surface area contributed by atoms with Gasteiger partial charge >= 0.3 is 0 Å². The number of hydrogen-bond acceptors (Lipinski definition) is 5. The second kappa shape index (κ2) is 8.10. The van der Waals surface area contributed by atoms with E-state index in [2.05, 4.69) is 4.90 Å². The van der Waals surface area contributed by atoms with E-state index < -0.39 is 0 Å². The molecule has 1 saturated heterocycles. The third-order valence-corrected chi connectivity index (χ3v) is 4.63. The number of ether oxygens (including phenoxy) is 2. The summed E-state index contributed by atoms with van der Waals surface area (Å²) in [7, 11) is 3.04. The van der Waals surface area contributed by atoms with E-state index in [1.165, 1.54) is 14.2 Å². The standard InChI is InChI=1S/C20H24N2O4/c1-25-17-12-15(13-18(26-2)19(17)23)14-21-8-10-22(11-9-21)20(24)16-6-4-3-5-7-16/h3-7,12-13,23H,8-11,14H2,1-2H3. The third kappa shape index (κ3) is 3.91. The molecule has 1 fully saturated rings. The van der Waals surface area contributed by atoms with Crippen molar-refractivity contribution in [2.45, 2.75) is 6.54 Å². The van der Waals surface area contributed by atoms with Crippen molar-refractivity contribution in [1.29, 1.82) is 0 Å². The number of rotatable bonds is 5. The molecule has 26 heavy (non-hydrogen) atoms. The van der Waals surface area contributed by atoms with Gasteiger partial charge in [-0.1, -0.05) is 18.2 Å². The molecular formula is C20H24N2O4. The number of phenolic OH excluding ortho intramolecular Hbond substituents is 1. The van der Waals surface area contributed by atoms with Gasteiger partial charge in [0.05, 0.1) is 14.2 Å². The maximum absolute atomic E-state index is 12.5. The predicted octanol–water partition coefficient (Wildman–Crippen LogP) is 2.37. The van der Waals surface area contributed by atoms with E-state index in [1.54, 1.807) is 0 Å². The van der Waals surface area contributed by atoms with Gasteiger partial charge in [0.1, 0.15) is 0 Å². The molecule has 0 atom stereocenters. The summed E-state index contributed by atoms with van der Waals surface area (Å²) < 4.78 is 10.4. The molecule has 0 aliphatic carbocycles. The van der Waals surface area contributed by atoms with Gasteiger partial charge < -0.3 is 19.5 Å². The monoisotopic (exact) mass is 356 g/mol. The molecule has 1 amide bonds. The smallest absolute Gasteiger partial charge is 0.253 e. The normalized spacial score (nSPS) is 14.9. The number of amides is 1. The lowest BCUT2D eigenvalue weighted by Crippen LogP contribution is -2.48. The number of nitrogens with zero attached hydrogens (tertiary/aromatic N) is 2. The fourth-order valence-corrected chi connectivity index (χ4v) is 3.17. The van der Waals surface area contributed by atoms with Crippen LogP contribution in [0, 0.1) is 0 Å². The zero-order valence-corrected chi connectivity index (χ0v) is 15.1. The van der Waals surface area contributed by atoms with Crippen molar-refractivity contribution in [2.24, 2.45) is 0 Å². The van der Waals surface area contributed by atoms with Crippen molar-refractivity contribution in [2.75, 3.05) is 40.4 Å². The maximum atomic E-state index is 12.5. The van der Waals surface area contributed by atoms with Gasteiger partial charge in [-0.25, -0.2) is 0 Å². The molecule has 2 aromatic rings. The van der Waals surface area contributed by atoms with Gasteiger partial charge in [-0.3, -0.25) is 9.69 Å². The van der Waals surface area contributed by atoms with Gasteiger partial charge in [0, 0.05) is 38.3 Å². The Kier molecular flexibility index (Phi) is 5.63. The highest BCUT2D eigenvalue weighted by molar-refractivity contribution is 5.94. The Hall–Kier alpha value is -2.73. The highest BCUT2D eigenvalue weighted by atomic mass is 16.5. The van der Waals surface area contributed by atoms with E-state index in [1.807, 2.05) is 47.4 Å². The van der Waals surface area contributed by atoms with E-state index in [4.69, 9.17) is 9.47 Å². The quantitative estimate of drug-likeness (QED) is 0.891. The Labute approximate surface area is 153 Å². The van der Waals surface area contributed by atoms with Gasteiger partial charge in [-0.2, -0.15) is 0 Å². The molecule has 3 rings (SSSR count). The van der Waals surface area contributed by atoms with Crippen LogP contribution < -0.4 is 9.47 Å². The van der Waals surface area contributed by atoms with Crippen LogP contribution in [0.25, 0.3) is 0 Å². The first-order valence-electron chi connectivity index (χ1n) is 8.63. The molecule has 6 nitrogen and oxygen atoms in total. The van der Waals surface area contributed by atoms with Crippen molar-refractivity contribution in [3.8, 4) is 17.2 Å². The van der Waals surface area contributed by atoms with Gasteiger partial charge in [0.15, 0.2) is 11.5 Å². The first-order valence-corrected chi connectivity index (χ1v) is 8.63. The molecule has 0 unspecified atom stereocenters. The van der Waals surface area contributed by atoms with Crippen LogP contribution in [-0.4, -0.2) is 61.2 Å². The molecule has 1 aliphatic heterocycles. The number of aromatic hydroxyl groups is 1. The molecule has 0 spiro atoms. The Balaban J connectivity index is 1.62. The van der Waals surface area contributed by atoms with Crippen LogP contribution in [0.5, 0.6) is 17.2 Å². The zero-order chi connectivity index (χ0) is 18.5. The molecule has 2 aromatic carbocycles. The lowest BCUT2D eigenvalue weighted by molar-refractivity contribution is 0.0628. The van der Waals surface area contributed by atoms with Crippen LogP contribution >= 0.6 is 0 Å². The number of carbonyl (C=O) groups excluding carboxylic acids is 1. The minimum absolute atomic E-state index is 0.0111. The second-order valence-electron chi connectivity index (χ2n) is 6.28. The lowest BCUT2D eigenvalue weighted by atomic mass is 10.1. The van der Waals surface area contributed by atoms with Crippen LogP contribution in [0.1, 0.15) is 15.9 Å². The van der Waals surface area contributed by atoms with E-state index in [-0.39, 0.29) is 11.7 Å². The van der Waals surface area contributed by atoms with Gasteiger partial charge in [-0.15, -0.1) is 0 Å². The van der Waals surface area contributed by atoms with Gasteiger partial charge in [0.25, 0.3) is 5.91 Å². The number of methoxy groups -OCH3 is 2. The summed E-state index contributed by atoms with van der Waals surface area (Å²) in [6, 6.07) is 13.0. The Morgan fingerprint density at radius 3 is 2.12 bits per heavy atom. The number of piperazine rings is 1. The molecule has 0 saturated carbocycles. The summed E-state index contributed by atoms with van der Waals surface area (Å²) >= 11 is 0. The van der Waals surface area contributed by atoms with Crippen molar-refractivity contribution in [1.82, 2.24) is 9.80 Å². The fourth-order valence-electron chi connectivity index (χ4n) is 3.17. The van der Waals surface area contributed by atoms with E-state index in [0.717, 1.165) is 24.2 Å². The summed E-state index contributed by atoms with van der Waals surface area (Å²) in [5, 5.41) is 10.0. The maximum Gasteiger partial charge on any atom is 0.253 e. The van der Waals surface area contributed by atoms with Crippen molar-refractivity contribution >= 4 is 5.91 Å². The van der Waals surface area contributed by atoms with E-state index >= 15 is 0 Å². The first-order chi connectivity index (χ1) is 12.6. The van der Waals surface area contributed by atoms with Crippen LogP contribution in [0.2, 0.25) is 0 Å². The average molecular weight is 356 g/mol. The van der Waals surface area contributed by atoms with Crippen LogP contribution in [0.15, 0.2) is 42.5 Å². The Morgan fingerprint density at radius 2 is 1.58 bits per heavy atom. The minimum atomic E-state index is 0.0111. The van der Waals surface area contributed by atoms with Crippen molar-refractivity contribution < 1.29 is 19.4 Å². The van der Waals surface area contributed by atoms with Crippen molar-refractivity contribution in [3.05, 3.63) is 53.6 Å². The summed E-state index contributed by atoms with van der Waals surface area (Å²) in [4.78, 5) is 16.7. The van der Waals surface area contributed by atoms with Gasteiger partial charge in [-0.05, 0) is 29.8 Å². The summed E-state index contributed by atoms with van der Waals surface area (Å²) in [5.41, 5.74) is 1.73. The molecular weight excluding hydrogens is 332 g/mol. The number of carbonyl (C=O) groups is 1. The van der Waals surface area contributed by atoms with Crippen molar-refractivity contribution in [3.63, 3.8) is 0 Å². The summed E-state index contributed by atoms with van der Waals surface area (Å²) in [6.07, 6.45) is 0. The van der Waals surface area contributed by atoms with E-state index in [0.29, 0.717) is 31.1 Å². The molecule has 1 heterocycles. The molecule has 1 aliphatic rings. The number of phenols is 1. The lowest BCUT2D eigenvalue weighted by Gasteiger charge is -2.35. The van der Waals surface area contributed by atoms with Crippen LogP contribution in [0.4, 0.5) is 0 Å². The highest BCUT2D eigenvalue weighted by Gasteiger charge is 2.22. The Morgan fingerprint density at radius 1 is 1.00 bits per heavy atom. The molecule has 6 heteroatoms. The average Bonchev–Trinajstić information content (AvgIpc) is 2.69. The Bertz CT molecular complexity index is 731. The molecule has 0 radical (unpaired) electrons. The van der Waals surface area contributed by atoms with Gasteiger partial charge in [0.2, 0.25) is 5.75 Å². The van der Waals surface area contributed by atoms with Crippen LogP contribution in [-0.2, 0) is 6.54 Å². The minimum Gasteiger partial charge on any atom is -0.502 e. The first kappa shape index (κ1) is 18.1. The zero-order valence-electron chi connectivity index (χ0n) is 15.1. The third-order valence-electron chi connectivity index (χ3n) is 4.63. The summed E-state index contributed by atoms with van der Waals surface area (Å²) in [6.45, 7) is 3.69. The number of hydrogen-bond donors (Lipinski definition) is 1. The van der Waals surface area contributed by atoms with E-state index in [9.17, 15) is 9.90 Å².